The maximum Gasteiger partial charge on any atom is 0.345 e. The van der Waals surface area contributed by atoms with Gasteiger partial charge >= 0.3 is 5.97 Å². The van der Waals surface area contributed by atoms with E-state index in [1.807, 2.05) is 0 Å². The normalized spacial score (nSPS) is 10.7. The molecular formula is C22H15Cl3N2O4. The topological polar surface area (TPSA) is 77.0 Å². The van der Waals surface area contributed by atoms with E-state index < -0.39 is 11.9 Å². The maximum absolute atomic E-state index is 12.4. The summed E-state index contributed by atoms with van der Waals surface area (Å²) in [7, 11) is 1.43. The summed E-state index contributed by atoms with van der Waals surface area (Å²) >= 11 is 17.8. The molecule has 1 amide bonds. The van der Waals surface area contributed by atoms with E-state index in [-0.39, 0.29) is 16.3 Å². The number of benzene rings is 3. The van der Waals surface area contributed by atoms with Gasteiger partial charge < -0.3 is 9.47 Å². The Hall–Kier alpha value is -3.06. The van der Waals surface area contributed by atoms with Crippen molar-refractivity contribution in [2.45, 2.75) is 0 Å². The Kier molecular flexibility index (Phi) is 7.52. The first-order chi connectivity index (χ1) is 14.9. The Morgan fingerprint density at radius 2 is 1.71 bits per heavy atom. The van der Waals surface area contributed by atoms with E-state index in [1.54, 1.807) is 42.5 Å². The molecular weight excluding hydrogens is 463 g/mol. The third-order valence-electron chi connectivity index (χ3n) is 4.01. The predicted octanol–water partition coefficient (Wildman–Crippen LogP) is 5.64. The first-order valence-electron chi connectivity index (χ1n) is 8.81. The second-order valence-corrected chi connectivity index (χ2v) is 7.41. The number of nitrogens with one attached hydrogen (secondary N) is 1. The lowest BCUT2D eigenvalue weighted by Crippen LogP contribution is -2.17. The summed E-state index contributed by atoms with van der Waals surface area (Å²) in [5, 5.41) is 4.95. The number of hydrogen-bond acceptors (Lipinski definition) is 5. The molecule has 3 rings (SSSR count). The number of hydrogen-bond donors (Lipinski definition) is 1. The van der Waals surface area contributed by atoms with Crippen LogP contribution in [0.2, 0.25) is 15.1 Å². The second-order valence-electron chi connectivity index (χ2n) is 6.13. The summed E-state index contributed by atoms with van der Waals surface area (Å²) in [5.74, 6) is -0.575. The molecule has 0 spiro atoms. The number of esters is 1. The Bertz CT molecular complexity index is 1170. The number of amides is 1. The fraction of sp³-hybridized carbons (Fsp3) is 0.0455. The van der Waals surface area contributed by atoms with Gasteiger partial charge in [0.05, 0.1) is 23.9 Å². The standard InChI is InChI=1S/C22H15Cl3N2O4/c1-30-20-9-13(12-26-27-21(28)14-3-2-4-15(23)10-14)5-8-19(20)31-22(29)17-7-6-16(24)11-18(17)25/h2-12H,1H3,(H,27,28)/b26-12+. The first-order valence-corrected chi connectivity index (χ1v) is 9.95. The van der Waals surface area contributed by atoms with Crippen LogP contribution in [0.5, 0.6) is 11.5 Å². The number of ether oxygens (including phenoxy) is 2. The molecule has 0 aliphatic heterocycles. The highest BCUT2D eigenvalue weighted by Crippen LogP contribution is 2.30. The number of methoxy groups -OCH3 is 1. The molecule has 0 aliphatic carbocycles. The van der Waals surface area contributed by atoms with Gasteiger partial charge in [0, 0.05) is 15.6 Å². The summed E-state index contributed by atoms with van der Waals surface area (Å²) < 4.78 is 10.7. The van der Waals surface area contributed by atoms with E-state index in [0.29, 0.717) is 26.9 Å². The van der Waals surface area contributed by atoms with Gasteiger partial charge in [-0.3, -0.25) is 4.79 Å². The molecule has 0 bridgehead atoms. The van der Waals surface area contributed by atoms with Crippen LogP contribution in [0.15, 0.2) is 65.8 Å². The number of carbonyl (C=O) groups is 2. The molecule has 0 saturated heterocycles. The molecule has 0 radical (unpaired) electrons. The zero-order valence-electron chi connectivity index (χ0n) is 16.1. The van der Waals surface area contributed by atoms with Crippen LogP contribution in [0.4, 0.5) is 0 Å². The fourth-order valence-electron chi connectivity index (χ4n) is 2.52. The summed E-state index contributed by atoms with van der Waals surface area (Å²) in [6.07, 6.45) is 1.42. The average Bonchev–Trinajstić information content (AvgIpc) is 2.74. The van der Waals surface area contributed by atoms with Gasteiger partial charge in [0.1, 0.15) is 0 Å². The minimum Gasteiger partial charge on any atom is -0.493 e. The molecule has 0 saturated carbocycles. The fourth-order valence-corrected chi connectivity index (χ4v) is 3.19. The summed E-state index contributed by atoms with van der Waals surface area (Å²) in [6.45, 7) is 0. The maximum atomic E-state index is 12.4. The third-order valence-corrected chi connectivity index (χ3v) is 4.79. The largest absolute Gasteiger partial charge is 0.493 e. The molecule has 1 N–H and O–H groups in total. The van der Waals surface area contributed by atoms with E-state index in [9.17, 15) is 9.59 Å². The third kappa shape index (κ3) is 5.98. The van der Waals surface area contributed by atoms with Crippen molar-refractivity contribution >= 4 is 52.9 Å². The van der Waals surface area contributed by atoms with Crippen LogP contribution >= 0.6 is 34.8 Å². The highest BCUT2D eigenvalue weighted by atomic mass is 35.5. The van der Waals surface area contributed by atoms with Gasteiger partial charge in [-0.15, -0.1) is 0 Å². The Morgan fingerprint density at radius 3 is 2.42 bits per heavy atom. The molecule has 3 aromatic rings. The lowest BCUT2D eigenvalue weighted by molar-refractivity contribution is 0.0729. The van der Waals surface area contributed by atoms with E-state index in [2.05, 4.69) is 10.5 Å². The van der Waals surface area contributed by atoms with Gasteiger partial charge in [0.2, 0.25) is 0 Å². The monoisotopic (exact) mass is 476 g/mol. The van der Waals surface area contributed by atoms with Crippen molar-refractivity contribution in [3.05, 3.63) is 92.4 Å². The van der Waals surface area contributed by atoms with E-state index in [4.69, 9.17) is 44.3 Å². The van der Waals surface area contributed by atoms with Gasteiger partial charge in [-0.25, -0.2) is 10.2 Å². The van der Waals surface area contributed by atoms with Crippen molar-refractivity contribution in [3.63, 3.8) is 0 Å². The predicted molar refractivity (Wildman–Crippen MR) is 121 cm³/mol. The first kappa shape index (κ1) is 22.6. The van der Waals surface area contributed by atoms with Gasteiger partial charge in [0.15, 0.2) is 11.5 Å². The van der Waals surface area contributed by atoms with E-state index in [1.165, 1.54) is 31.5 Å². The Morgan fingerprint density at radius 1 is 0.935 bits per heavy atom. The lowest BCUT2D eigenvalue weighted by atomic mass is 10.2. The lowest BCUT2D eigenvalue weighted by Gasteiger charge is -2.10. The number of carbonyl (C=O) groups excluding carboxylic acids is 2. The highest BCUT2D eigenvalue weighted by molar-refractivity contribution is 6.36. The van der Waals surface area contributed by atoms with Crippen molar-refractivity contribution in [1.82, 2.24) is 5.43 Å². The SMILES string of the molecule is COc1cc(/C=N/NC(=O)c2cccc(Cl)c2)ccc1OC(=O)c1ccc(Cl)cc1Cl. The molecule has 0 fully saturated rings. The molecule has 6 nitrogen and oxygen atoms in total. The Labute approximate surface area is 193 Å². The van der Waals surface area contributed by atoms with Crippen molar-refractivity contribution < 1.29 is 19.1 Å². The van der Waals surface area contributed by atoms with Crippen LogP contribution in [-0.4, -0.2) is 25.2 Å². The van der Waals surface area contributed by atoms with Crippen LogP contribution in [0.25, 0.3) is 0 Å². The van der Waals surface area contributed by atoms with Crippen molar-refractivity contribution in [3.8, 4) is 11.5 Å². The summed E-state index contributed by atoms with van der Waals surface area (Å²) in [6, 6.07) is 15.7. The van der Waals surface area contributed by atoms with E-state index >= 15 is 0 Å². The van der Waals surface area contributed by atoms with Crippen LogP contribution in [-0.2, 0) is 0 Å². The highest BCUT2D eigenvalue weighted by Gasteiger charge is 2.16. The van der Waals surface area contributed by atoms with Crippen LogP contribution < -0.4 is 14.9 Å². The molecule has 0 unspecified atom stereocenters. The van der Waals surface area contributed by atoms with E-state index in [0.717, 1.165) is 0 Å². The van der Waals surface area contributed by atoms with Gasteiger partial charge in [-0.05, 0) is 60.2 Å². The molecule has 9 heteroatoms. The van der Waals surface area contributed by atoms with Crippen molar-refractivity contribution in [1.29, 1.82) is 0 Å². The smallest absolute Gasteiger partial charge is 0.345 e. The zero-order chi connectivity index (χ0) is 22.4. The summed E-state index contributed by atoms with van der Waals surface area (Å²) in [4.78, 5) is 24.5. The molecule has 0 aromatic heterocycles. The number of hydrazone groups is 1. The number of rotatable bonds is 6. The zero-order valence-corrected chi connectivity index (χ0v) is 18.3. The second kappa shape index (κ2) is 10.3. The minimum absolute atomic E-state index is 0.169. The molecule has 158 valence electrons. The van der Waals surface area contributed by atoms with Gasteiger partial charge in [-0.2, -0.15) is 5.10 Å². The molecule has 31 heavy (non-hydrogen) atoms. The van der Waals surface area contributed by atoms with Gasteiger partial charge in [-0.1, -0.05) is 40.9 Å². The molecule has 3 aromatic carbocycles. The van der Waals surface area contributed by atoms with Crippen LogP contribution in [0.1, 0.15) is 26.3 Å². The summed E-state index contributed by atoms with van der Waals surface area (Å²) in [5.41, 5.74) is 3.56. The molecule has 0 atom stereocenters. The van der Waals surface area contributed by atoms with Crippen molar-refractivity contribution in [2.75, 3.05) is 7.11 Å². The number of halogens is 3. The molecule has 0 aliphatic rings. The Balaban J connectivity index is 1.70. The number of nitrogens with zero attached hydrogens (tertiary/aromatic N) is 1. The van der Waals surface area contributed by atoms with Crippen LogP contribution in [0.3, 0.4) is 0 Å². The van der Waals surface area contributed by atoms with Crippen molar-refractivity contribution in [2.24, 2.45) is 5.10 Å². The quantitative estimate of drug-likeness (QED) is 0.216. The minimum atomic E-state index is -0.657. The van der Waals surface area contributed by atoms with Gasteiger partial charge in [0.25, 0.3) is 5.91 Å². The molecule has 0 heterocycles. The van der Waals surface area contributed by atoms with Crippen LogP contribution in [0, 0.1) is 0 Å². The average molecular weight is 478 g/mol.